The van der Waals surface area contributed by atoms with Crippen LogP contribution in [0.3, 0.4) is 0 Å². The van der Waals surface area contributed by atoms with Gasteiger partial charge in [0.15, 0.2) is 0 Å². The molecule has 1 heterocycles. The largest absolute Gasteiger partial charge is 0.330 e. The predicted molar refractivity (Wildman–Crippen MR) is 93.0 cm³/mol. The molecule has 3 rings (SSSR count). The second-order valence-corrected chi connectivity index (χ2v) is 6.17. The lowest BCUT2D eigenvalue weighted by Crippen LogP contribution is -2.25. The minimum absolute atomic E-state index is 0.0530. The highest BCUT2D eigenvalue weighted by Gasteiger charge is 2.25. The van der Waals surface area contributed by atoms with Gasteiger partial charge in [-0.25, -0.2) is 0 Å². The second-order valence-electron chi connectivity index (χ2n) is 5.31. The molecule has 5 heteroatoms. The van der Waals surface area contributed by atoms with Crippen LogP contribution in [-0.4, -0.2) is 16.7 Å². The van der Waals surface area contributed by atoms with Gasteiger partial charge in [-0.2, -0.15) is 0 Å². The third-order valence-electron chi connectivity index (χ3n) is 3.78. The zero-order valence-electron chi connectivity index (χ0n) is 12.4. The molecule has 2 aromatic rings. The van der Waals surface area contributed by atoms with Crippen molar-refractivity contribution in [2.75, 3.05) is 5.32 Å². The van der Waals surface area contributed by atoms with Gasteiger partial charge in [0.2, 0.25) is 5.91 Å². The van der Waals surface area contributed by atoms with Crippen molar-refractivity contribution in [3.05, 3.63) is 76.3 Å². The van der Waals surface area contributed by atoms with E-state index in [2.05, 4.69) is 27.8 Å². The normalized spacial score (nSPS) is 12.7. The zero-order chi connectivity index (χ0) is 16.4. The lowest BCUT2D eigenvalue weighted by Gasteiger charge is -2.16. The fraction of sp³-hybridized carbons (Fsp3) is 0.111. The van der Waals surface area contributed by atoms with Gasteiger partial charge in [-0.05, 0) is 41.5 Å². The highest BCUT2D eigenvalue weighted by molar-refractivity contribution is 9.10. The first-order valence-corrected chi connectivity index (χ1v) is 7.97. The van der Waals surface area contributed by atoms with Crippen molar-refractivity contribution in [1.29, 1.82) is 0 Å². The maximum absolute atomic E-state index is 12.7. The van der Waals surface area contributed by atoms with Gasteiger partial charge in [-0.15, -0.1) is 0 Å². The molecule has 0 atom stereocenters. The predicted octanol–water partition coefficient (Wildman–Crippen LogP) is 3.73. The van der Waals surface area contributed by atoms with Crippen LogP contribution < -0.4 is 5.32 Å². The number of hydrogen-bond acceptors (Lipinski definition) is 2. The number of fused-ring (bicyclic) bond motifs is 1. The summed E-state index contributed by atoms with van der Waals surface area (Å²) in [5.74, 6) is -0.352. The molecule has 1 aliphatic heterocycles. The molecule has 0 aromatic heterocycles. The van der Waals surface area contributed by atoms with E-state index in [9.17, 15) is 9.59 Å². The van der Waals surface area contributed by atoms with E-state index in [1.165, 1.54) is 6.08 Å². The molecular weight excluding hydrogens is 356 g/mol. The SMILES string of the molecule is C=CC(=O)Nc1cccc(C(=O)N2Cc3cccc(Br)c3C2)c1. The van der Waals surface area contributed by atoms with Crippen LogP contribution in [0.15, 0.2) is 59.6 Å². The number of anilines is 1. The molecule has 23 heavy (non-hydrogen) atoms. The molecule has 2 amide bonds. The Morgan fingerprint density at radius 2 is 1.96 bits per heavy atom. The molecule has 0 spiro atoms. The van der Waals surface area contributed by atoms with Crippen molar-refractivity contribution in [2.24, 2.45) is 0 Å². The summed E-state index contributed by atoms with van der Waals surface area (Å²) in [4.78, 5) is 25.9. The molecular formula is C18H15BrN2O2. The first kappa shape index (κ1) is 15.5. The molecule has 4 nitrogen and oxygen atoms in total. The van der Waals surface area contributed by atoms with Gasteiger partial charge in [0.25, 0.3) is 5.91 Å². The summed E-state index contributed by atoms with van der Waals surface area (Å²) in [6.07, 6.45) is 1.20. The molecule has 116 valence electrons. The van der Waals surface area contributed by atoms with Crippen molar-refractivity contribution in [3.8, 4) is 0 Å². The standard InChI is InChI=1S/C18H15BrN2O2/c1-2-17(22)20-14-7-3-5-12(9-14)18(23)21-10-13-6-4-8-16(19)15(13)11-21/h2-9H,1,10-11H2,(H,20,22). The van der Waals surface area contributed by atoms with Crippen molar-refractivity contribution in [3.63, 3.8) is 0 Å². The van der Waals surface area contributed by atoms with E-state index < -0.39 is 0 Å². The van der Waals surface area contributed by atoms with Crippen LogP contribution >= 0.6 is 15.9 Å². The first-order valence-electron chi connectivity index (χ1n) is 7.17. The first-order chi connectivity index (χ1) is 11.1. The van der Waals surface area contributed by atoms with E-state index in [4.69, 9.17) is 0 Å². The third-order valence-corrected chi connectivity index (χ3v) is 4.52. The molecule has 0 saturated heterocycles. The van der Waals surface area contributed by atoms with Crippen LogP contribution in [0.25, 0.3) is 0 Å². The molecule has 1 aliphatic rings. The van der Waals surface area contributed by atoms with Crippen LogP contribution in [0.1, 0.15) is 21.5 Å². The number of benzene rings is 2. The van der Waals surface area contributed by atoms with E-state index in [0.717, 1.165) is 15.6 Å². The maximum atomic E-state index is 12.7. The Morgan fingerprint density at radius 3 is 2.70 bits per heavy atom. The number of hydrogen-bond donors (Lipinski definition) is 1. The van der Waals surface area contributed by atoms with Crippen molar-refractivity contribution >= 4 is 33.4 Å². The Labute approximate surface area is 142 Å². The molecule has 2 aromatic carbocycles. The highest BCUT2D eigenvalue weighted by Crippen LogP contribution is 2.30. The minimum atomic E-state index is -0.299. The van der Waals surface area contributed by atoms with Gasteiger partial charge in [-0.1, -0.05) is 40.7 Å². The monoisotopic (exact) mass is 370 g/mol. The number of halogens is 1. The Balaban J connectivity index is 1.80. The summed E-state index contributed by atoms with van der Waals surface area (Å²) >= 11 is 3.53. The molecule has 0 saturated carbocycles. The van der Waals surface area contributed by atoms with Gasteiger partial charge in [0, 0.05) is 28.8 Å². The van der Waals surface area contributed by atoms with Gasteiger partial charge >= 0.3 is 0 Å². The highest BCUT2D eigenvalue weighted by atomic mass is 79.9. The molecule has 0 fully saturated rings. The molecule has 1 N–H and O–H groups in total. The summed E-state index contributed by atoms with van der Waals surface area (Å²) in [7, 11) is 0. The number of rotatable bonds is 3. The molecule has 0 radical (unpaired) electrons. The van der Waals surface area contributed by atoms with Crippen LogP contribution in [-0.2, 0) is 17.9 Å². The van der Waals surface area contributed by atoms with Crippen LogP contribution in [0.2, 0.25) is 0 Å². The number of nitrogens with one attached hydrogen (secondary N) is 1. The van der Waals surface area contributed by atoms with Crippen LogP contribution in [0.5, 0.6) is 0 Å². The molecule has 0 aliphatic carbocycles. The van der Waals surface area contributed by atoms with E-state index in [-0.39, 0.29) is 11.8 Å². The second kappa shape index (κ2) is 6.38. The summed E-state index contributed by atoms with van der Waals surface area (Å²) in [6.45, 7) is 4.59. The molecule has 0 bridgehead atoms. The number of nitrogens with zero attached hydrogens (tertiary/aromatic N) is 1. The van der Waals surface area contributed by atoms with Gasteiger partial charge in [0.1, 0.15) is 0 Å². The smallest absolute Gasteiger partial charge is 0.254 e. The molecule has 0 unspecified atom stereocenters. The summed E-state index contributed by atoms with van der Waals surface area (Å²) in [5.41, 5.74) is 3.44. The number of carbonyl (C=O) groups excluding carboxylic acids is 2. The Hall–Kier alpha value is -2.40. The number of carbonyl (C=O) groups is 2. The van der Waals surface area contributed by atoms with E-state index in [1.54, 1.807) is 29.2 Å². The summed E-state index contributed by atoms with van der Waals surface area (Å²) < 4.78 is 1.03. The fourth-order valence-electron chi connectivity index (χ4n) is 2.63. The zero-order valence-corrected chi connectivity index (χ0v) is 14.0. The van der Waals surface area contributed by atoms with Crippen molar-refractivity contribution < 1.29 is 9.59 Å². The third kappa shape index (κ3) is 3.19. The van der Waals surface area contributed by atoms with Crippen molar-refractivity contribution in [2.45, 2.75) is 13.1 Å². The van der Waals surface area contributed by atoms with E-state index in [1.807, 2.05) is 18.2 Å². The van der Waals surface area contributed by atoms with Gasteiger partial charge in [-0.3, -0.25) is 9.59 Å². The summed E-state index contributed by atoms with van der Waals surface area (Å²) in [6, 6.07) is 12.9. The quantitative estimate of drug-likeness (QED) is 0.836. The minimum Gasteiger partial charge on any atom is -0.330 e. The van der Waals surface area contributed by atoms with E-state index >= 15 is 0 Å². The topological polar surface area (TPSA) is 49.4 Å². The summed E-state index contributed by atoms with van der Waals surface area (Å²) in [5, 5.41) is 2.67. The van der Waals surface area contributed by atoms with E-state index in [0.29, 0.717) is 24.3 Å². The Kier molecular flexibility index (Phi) is 4.30. The average Bonchev–Trinajstić information content (AvgIpc) is 3.00. The van der Waals surface area contributed by atoms with Gasteiger partial charge in [0.05, 0.1) is 0 Å². The lowest BCUT2D eigenvalue weighted by atomic mass is 10.1. The Morgan fingerprint density at radius 1 is 1.17 bits per heavy atom. The maximum Gasteiger partial charge on any atom is 0.254 e. The van der Waals surface area contributed by atoms with Gasteiger partial charge < -0.3 is 10.2 Å². The lowest BCUT2D eigenvalue weighted by molar-refractivity contribution is -0.111. The average molecular weight is 371 g/mol. The van der Waals surface area contributed by atoms with Crippen molar-refractivity contribution in [1.82, 2.24) is 4.90 Å². The number of amides is 2. The fourth-order valence-corrected chi connectivity index (χ4v) is 3.16. The van der Waals surface area contributed by atoms with Crippen LogP contribution in [0, 0.1) is 0 Å². The Bertz CT molecular complexity index is 801. The van der Waals surface area contributed by atoms with Crippen LogP contribution in [0.4, 0.5) is 5.69 Å².